The summed E-state index contributed by atoms with van der Waals surface area (Å²) in [7, 11) is 0. The molecule has 0 bridgehead atoms. The van der Waals surface area contributed by atoms with Gasteiger partial charge < -0.3 is 4.90 Å². The number of rotatable bonds is 4. The fourth-order valence-electron chi connectivity index (χ4n) is 4.44. The molecule has 1 atom stereocenters. The first kappa shape index (κ1) is 14.4. The third-order valence-corrected chi connectivity index (χ3v) is 5.68. The molecule has 0 aromatic rings. The molecule has 20 heavy (non-hydrogen) atoms. The molecule has 3 heteroatoms. The van der Waals surface area contributed by atoms with Crippen molar-refractivity contribution in [2.75, 3.05) is 6.54 Å². The number of amides is 1. The highest BCUT2D eigenvalue weighted by Crippen LogP contribution is 2.41. The Morgan fingerprint density at radius 2 is 1.85 bits per heavy atom. The van der Waals surface area contributed by atoms with Crippen LogP contribution in [0.1, 0.15) is 71.6 Å². The molecule has 0 aromatic carbocycles. The molecule has 1 aliphatic heterocycles. The molecule has 2 aliphatic carbocycles. The molecule has 1 heterocycles. The van der Waals surface area contributed by atoms with E-state index in [9.17, 15) is 4.79 Å². The highest BCUT2D eigenvalue weighted by atomic mass is 16.2. The fraction of sp³-hybridized carbons (Fsp3) is 0.941. The predicted molar refractivity (Wildman–Crippen MR) is 81.2 cm³/mol. The van der Waals surface area contributed by atoms with Crippen molar-refractivity contribution in [2.24, 2.45) is 11.8 Å². The number of hydrogen-bond donors (Lipinski definition) is 1. The third kappa shape index (κ3) is 2.49. The number of carbonyl (C=O) groups is 1. The maximum absolute atomic E-state index is 13.0. The lowest BCUT2D eigenvalue weighted by Gasteiger charge is -2.29. The van der Waals surface area contributed by atoms with Gasteiger partial charge in [0, 0.05) is 6.54 Å². The standard InChI is InChI=1S/C17H30N2O/c1-13(2)9-12-19-15(14-7-3-4-8-14)18-17(16(19)20)10-5-6-11-17/h13-15,18H,3-12H2,1-2H3. The highest BCUT2D eigenvalue weighted by molar-refractivity contribution is 5.89. The summed E-state index contributed by atoms with van der Waals surface area (Å²) in [5, 5.41) is 3.81. The maximum atomic E-state index is 13.0. The average molecular weight is 278 g/mol. The first-order valence-corrected chi connectivity index (χ1v) is 8.71. The summed E-state index contributed by atoms with van der Waals surface area (Å²) >= 11 is 0. The minimum Gasteiger partial charge on any atom is -0.325 e. The molecule has 114 valence electrons. The van der Waals surface area contributed by atoms with E-state index >= 15 is 0 Å². The van der Waals surface area contributed by atoms with E-state index < -0.39 is 0 Å². The van der Waals surface area contributed by atoms with Gasteiger partial charge >= 0.3 is 0 Å². The van der Waals surface area contributed by atoms with Crippen LogP contribution in [-0.2, 0) is 4.79 Å². The van der Waals surface area contributed by atoms with Crippen molar-refractivity contribution >= 4 is 5.91 Å². The average Bonchev–Trinajstić information content (AvgIpc) is 3.13. The van der Waals surface area contributed by atoms with E-state index in [1.807, 2.05) is 0 Å². The number of carbonyl (C=O) groups excluding carboxylic acids is 1. The predicted octanol–water partition coefficient (Wildman–Crippen LogP) is 3.29. The molecule has 0 aromatic heterocycles. The van der Waals surface area contributed by atoms with E-state index in [4.69, 9.17) is 0 Å². The van der Waals surface area contributed by atoms with Crippen LogP contribution >= 0.6 is 0 Å². The fourth-order valence-corrected chi connectivity index (χ4v) is 4.44. The zero-order valence-corrected chi connectivity index (χ0v) is 13.2. The van der Waals surface area contributed by atoms with Crippen LogP contribution < -0.4 is 5.32 Å². The Morgan fingerprint density at radius 3 is 2.45 bits per heavy atom. The first-order valence-electron chi connectivity index (χ1n) is 8.71. The third-order valence-electron chi connectivity index (χ3n) is 5.68. The Bertz CT molecular complexity index is 354. The van der Waals surface area contributed by atoms with Crippen LogP contribution in [0.2, 0.25) is 0 Å². The molecule has 0 radical (unpaired) electrons. The van der Waals surface area contributed by atoms with Gasteiger partial charge in [-0.3, -0.25) is 10.1 Å². The van der Waals surface area contributed by atoms with Crippen molar-refractivity contribution < 1.29 is 4.79 Å². The van der Waals surface area contributed by atoms with E-state index in [1.165, 1.54) is 38.5 Å². The van der Waals surface area contributed by atoms with E-state index in [0.717, 1.165) is 25.8 Å². The van der Waals surface area contributed by atoms with E-state index in [-0.39, 0.29) is 5.54 Å². The molecule has 3 aliphatic rings. The van der Waals surface area contributed by atoms with Gasteiger partial charge in [0.05, 0.1) is 11.7 Å². The van der Waals surface area contributed by atoms with Gasteiger partial charge in [-0.2, -0.15) is 0 Å². The summed E-state index contributed by atoms with van der Waals surface area (Å²) in [6.07, 6.45) is 11.3. The first-order chi connectivity index (χ1) is 9.62. The van der Waals surface area contributed by atoms with Crippen molar-refractivity contribution in [3.8, 4) is 0 Å². The maximum Gasteiger partial charge on any atom is 0.244 e. The molecule has 3 rings (SSSR count). The molecule has 1 spiro atoms. The normalized spacial score (nSPS) is 30.2. The zero-order valence-electron chi connectivity index (χ0n) is 13.2. The van der Waals surface area contributed by atoms with Crippen molar-refractivity contribution in [1.82, 2.24) is 10.2 Å². The lowest BCUT2D eigenvalue weighted by atomic mass is 9.97. The van der Waals surface area contributed by atoms with Crippen LogP contribution in [0.15, 0.2) is 0 Å². The van der Waals surface area contributed by atoms with Gasteiger partial charge in [0.2, 0.25) is 5.91 Å². The van der Waals surface area contributed by atoms with Crippen LogP contribution in [0.25, 0.3) is 0 Å². The van der Waals surface area contributed by atoms with Gasteiger partial charge in [-0.15, -0.1) is 0 Å². The molecule has 2 saturated carbocycles. The van der Waals surface area contributed by atoms with Crippen molar-refractivity contribution in [3.63, 3.8) is 0 Å². The summed E-state index contributed by atoms with van der Waals surface area (Å²) in [5.41, 5.74) is -0.176. The van der Waals surface area contributed by atoms with Gasteiger partial charge in [0.25, 0.3) is 0 Å². The van der Waals surface area contributed by atoms with E-state index in [1.54, 1.807) is 0 Å². The summed E-state index contributed by atoms with van der Waals surface area (Å²) in [5.74, 6) is 1.80. The Morgan fingerprint density at radius 1 is 1.20 bits per heavy atom. The van der Waals surface area contributed by atoms with Crippen LogP contribution in [-0.4, -0.2) is 29.1 Å². The number of hydrogen-bond acceptors (Lipinski definition) is 2. The molecular formula is C17H30N2O. The quantitative estimate of drug-likeness (QED) is 0.856. The van der Waals surface area contributed by atoms with Gasteiger partial charge in [-0.1, -0.05) is 39.5 Å². The van der Waals surface area contributed by atoms with E-state index in [0.29, 0.717) is 23.9 Å². The largest absolute Gasteiger partial charge is 0.325 e. The zero-order chi connectivity index (χ0) is 14.2. The summed E-state index contributed by atoms with van der Waals surface area (Å²) in [6, 6.07) is 0. The van der Waals surface area contributed by atoms with E-state index in [2.05, 4.69) is 24.1 Å². The second-order valence-electron chi connectivity index (χ2n) is 7.60. The molecule has 1 amide bonds. The van der Waals surface area contributed by atoms with Crippen LogP contribution in [0, 0.1) is 11.8 Å². The SMILES string of the molecule is CC(C)CCN1C(=O)C2(CCCC2)NC1C1CCCC1. The van der Waals surface area contributed by atoms with Crippen LogP contribution in [0.5, 0.6) is 0 Å². The molecule has 1 saturated heterocycles. The van der Waals surface area contributed by atoms with Gasteiger partial charge in [0.1, 0.15) is 0 Å². The minimum absolute atomic E-state index is 0.176. The smallest absolute Gasteiger partial charge is 0.244 e. The van der Waals surface area contributed by atoms with Crippen LogP contribution in [0.4, 0.5) is 0 Å². The number of nitrogens with one attached hydrogen (secondary N) is 1. The molecule has 3 nitrogen and oxygen atoms in total. The molecule has 1 unspecified atom stereocenters. The van der Waals surface area contributed by atoms with Crippen molar-refractivity contribution in [3.05, 3.63) is 0 Å². The summed E-state index contributed by atoms with van der Waals surface area (Å²) < 4.78 is 0. The highest BCUT2D eigenvalue weighted by Gasteiger charge is 2.53. The monoisotopic (exact) mass is 278 g/mol. The topological polar surface area (TPSA) is 32.3 Å². The summed E-state index contributed by atoms with van der Waals surface area (Å²) in [4.78, 5) is 15.2. The van der Waals surface area contributed by atoms with Crippen molar-refractivity contribution in [2.45, 2.75) is 83.3 Å². The molecule has 1 N–H and O–H groups in total. The minimum atomic E-state index is -0.176. The van der Waals surface area contributed by atoms with Gasteiger partial charge in [0.15, 0.2) is 0 Å². The second kappa shape index (κ2) is 5.67. The molecule has 3 fully saturated rings. The Balaban J connectivity index is 1.76. The number of nitrogens with zero attached hydrogens (tertiary/aromatic N) is 1. The Hall–Kier alpha value is -0.570. The van der Waals surface area contributed by atoms with Crippen LogP contribution in [0.3, 0.4) is 0 Å². The summed E-state index contributed by atoms with van der Waals surface area (Å²) in [6.45, 7) is 5.46. The Labute approximate surface area is 123 Å². The second-order valence-corrected chi connectivity index (χ2v) is 7.60. The van der Waals surface area contributed by atoms with Gasteiger partial charge in [-0.05, 0) is 43.9 Å². The lowest BCUT2D eigenvalue weighted by Crippen LogP contribution is -2.46. The lowest BCUT2D eigenvalue weighted by molar-refractivity contribution is -0.133. The van der Waals surface area contributed by atoms with Gasteiger partial charge in [-0.25, -0.2) is 0 Å². The van der Waals surface area contributed by atoms with Crippen molar-refractivity contribution in [1.29, 1.82) is 0 Å². The molecular weight excluding hydrogens is 248 g/mol. The Kier molecular flexibility index (Phi) is 4.07.